The van der Waals surface area contributed by atoms with E-state index in [1.165, 1.54) is 7.11 Å². The second-order valence-electron chi connectivity index (χ2n) is 4.92. The van der Waals surface area contributed by atoms with E-state index >= 15 is 0 Å². The molecule has 0 saturated carbocycles. The van der Waals surface area contributed by atoms with Crippen LogP contribution in [0.1, 0.15) is 18.2 Å². The third-order valence-corrected chi connectivity index (χ3v) is 3.58. The minimum Gasteiger partial charge on any atom is -0.469 e. The molecule has 0 aromatic carbocycles. The largest absolute Gasteiger partial charge is 0.469 e. The van der Waals surface area contributed by atoms with Crippen molar-refractivity contribution in [2.75, 3.05) is 20.2 Å². The predicted molar refractivity (Wildman–Crippen MR) is 68.9 cm³/mol. The normalized spacial score (nSPS) is 23.0. The average Bonchev–Trinajstić information content (AvgIpc) is 2.79. The number of ether oxygens (including phenoxy) is 1. The Labute approximate surface area is 112 Å². The first kappa shape index (κ1) is 13.5. The standard InChI is InChI=1S/C14H17N3O2/c1-10-7-17(9-12(10)14(18)19-2)8-11-4-3-5-16-13(11)6-15/h3-5,10,12H,7-9H2,1-2H3. The van der Waals surface area contributed by atoms with E-state index in [1.807, 2.05) is 12.1 Å². The van der Waals surface area contributed by atoms with Crippen LogP contribution in [0.4, 0.5) is 0 Å². The number of carbonyl (C=O) groups excluding carboxylic acids is 1. The predicted octanol–water partition coefficient (Wildman–Crippen LogP) is 1.19. The molecule has 1 aliphatic rings. The molecule has 1 aromatic rings. The van der Waals surface area contributed by atoms with E-state index in [-0.39, 0.29) is 17.8 Å². The molecule has 2 heterocycles. The first-order chi connectivity index (χ1) is 9.15. The Kier molecular flexibility index (Phi) is 4.13. The molecule has 19 heavy (non-hydrogen) atoms. The lowest BCUT2D eigenvalue weighted by atomic mass is 9.99. The van der Waals surface area contributed by atoms with E-state index in [1.54, 1.807) is 6.20 Å². The van der Waals surface area contributed by atoms with Crippen LogP contribution in [0.25, 0.3) is 0 Å². The summed E-state index contributed by atoms with van der Waals surface area (Å²) >= 11 is 0. The number of nitriles is 1. The highest BCUT2D eigenvalue weighted by Crippen LogP contribution is 2.25. The van der Waals surface area contributed by atoms with Gasteiger partial charge in [0, 0.05) is 31.4 Å². The number of nitrogens with zero attached hydrogens (tertiary/aromatic N) is 3. The van der Waals surface area contributed by atoms with Gasteiger partial charge in [0.1, 0.15) is 11.8 Å². The molecule has 0 amide bonds. The van der Waals surface area contributed by atoms with Gasteiger partial charge in [-0.15, -0.1) is 0 Å². The summed E-state index contributed by atoms with van der Waals surface area (Å²) < 4.78 is 4.82. The molecule has 2 rings (SSSR count). The lowest BCUT2D eigenvalue weighted by molar-refractivity contribution is -0.146. The number of pyridine rings is 1. The Morgan fingerprint density at radius 2 is 2.42 bits per heavy atom. The van der Waals surface area contributed by atoms with Gasteiger partial charge in [-0.25, -0.2) is 4.98 Å². The maximum atomic E-state index is 11.6. The minimum absolute atomic E-state index is 0.0767. The molecular formula is C14H17N3O2. The summed E-state index contributed by atoms with van der Waals surface area (Å²) in [7, 11) is 1.42. The van der Waals surface area contributed by atoms with Gasteiger partial charge in [0.2, 0.25) is 0 Å². The smallest absolute Gasteiger partial charge is 0.310 e. The van der Waals surface area contributed by atoms with E-state index < -0.39 is 0 Å². The van der Waals surface area contributed by atoms with E-state index in [0.717, 1.165) is 12.1 Å². The van der Waals surface area contributed by atoms with Crippen LogP contribution in [0.5, 0.6) is 0 Å². The van der Waals surface area contributed by atoms with Gasteiger partial charge in [-0.05, 0) is 12.0 Å². The van der Waals surface area contributed by atoms with Crippen LogP contribution < -0.4 is 0 Å². The number of carbonyl (C=O) groups is 1. The lowest BCUT2D eigenvalue weighted by Gasteiger charge is -2.15. The van der Waals surface area contributed by atoms with Crippen LogP contribution in [0.15, 0.2) is 18.3 Å². The van der Waals surface area contributed by atoms with Gasteiger partial charge >= 0.3 is 5.97 Å². The molecule has 1 saturated heterocycles. The fraction of sp³-hybridized carbons (Fsp3) is 0.500. The maximum Gasteiger partial charge on any atom is 0.310 e. The second-order valence-corrected chi connectivity index (χ2v) is 4.92. The van der Waals surface area contributed by atoms with Gasteiger partial charge in [-0.2, -0.15) is 5.26 Å². The van der Waals surface area contributed by atoms with E-state index in [2.05, 4.69) is 22.9 Å². The molecule has 1 aromatic heterocycles. The maximum absolute atomic E-state index is 11.6. The van der Waals surface area contributed by atoms with Crippen LogP contribution in [-0.4, -0.2) is 36.1 Å². The average molecular weight is 259 g/mol. The van der Waals surface area contributed by atoms with Crippen LogP contribution in [0.2, 0.25) is 0 Å². The third-order valence-electron chi connectivity index (χ3n) is 3.58. The fourth-order valence-corrected chi connectivity index (χ4v) is 2.56. The number of hydrogen-bond acceptors (Lipinski definition) is 5. The molecular weight excluding hydrogens is 242 g/mol. The zero-order chi connectivity index (χ0) is 13.8. The molecule has 2 atom stereocenters. The van der Waals surface area contributed by atoms with Crippen LogP contribution in [-0.2, 0) is 16.1 Å². The molecule has 0 bridgehead atoms. The van der Waals surface area contributed by atoms with Gasteiger partial charge in [0.15, 0.2) is 0 Å². The summed E-state index contributed by atoms with van der Waals surface area (Å²) in [5, 5.41) is 9.02. The van der Waals surface area contributed by atoms with Crippen LogP contribution >= 0.6 is 0 Å². The van der Waals surface area contributed by atoms with Gasteiger partial charge in [0.05, 0.1) is 13.0 Å². The SMILES string of the molecule is COC(=O)C1CN(Cc2cccnc2C#N)CC1C. The summed E-state index contributed by atoms with van der Waals surface area (Å²) in [6, 6.07) is 5.83. The number of methoxy groups -OCH3 is 1. The van der Waals surface area contributed by atoms with Crippen LogP contribution in [0, 0.1) is 23.2 Å². The minimum atomic E-state index is -0.151. The number of aromatic nitrogens is 1. The number of hydrogen-bond donors (Lipinski definition) is 0. The summed E-state index contributed by atoms with van der Waals surface area (Å²) in [4.78, 5) is 17.9. The molecule has 5 heteroatoms. The third kappa shape index (κ3) is 2.91. The zero-order valence-electron chi connectivity index (χ0n) is 11.2. The van der Waals surface area contributed by atoms with Crippen molar-refractivity contribution in [2.24, 2.45) is 11.8 Å². The Morgan fingerprint density at radius 1 is 1.63 bits per heavy atom. The first-order valence-electron chi connectivity index (χ1n) is 6.30. The molecule has 1 aliphatic heterocycles. The van der Waals surface area contributed by atoms with Crippen molar-refractivity contribution in [3.8, 4) is 6.07 Å². The summed E-state index contributed by atoms with van der Waals surface area (Å²) in [6.07, 6.45) is 1.62. The summed E-state index contributed by atoms with van der Waals surface area (Å²) in [5.41, 5.74) is 1.36. The fourth-order valence-electron chi connectivity index (χ4n) is 2.56. The van der Waals surface area contributed by atoms with E-state index in [9.17, 15) is 4.79 Å². The highest BCUT2D eigenvalue weighted by atomic mass is 16.5. The summed E-state index contributed by atoms with van der Waals surface area (Å²) in [5.74, 6) is 0.0450. The van der Waals surface area contributed by atoms with Crippen molar-refractivity contribution in [2.45, 2.75) is 13.5 Å². The molecule has 0 radical (unpaired) electrons. The van der Waals surface area contributed by atoms with E-state index in [4.69, 9.17) is 10.00 Å². The second kappa shape index (κ2) is 5.81. The van der Waals surface area contributed by atoms with Crippen molar-refractivity contribution in [3.63, 3.8) is 0 Å². The highest BCUT2D eigenvalue weighted by Gasteiger charge is 2.35. The molecule has 0 aliphatic carbocycles. The van der Waals surface area contributed by atoms with Gasteiger partial charge < -0.3 is 4.74 Å². The number of likely N-dealkylation sites (tertiary alicyclic amines) is 1. The van der Waals surface area contributed by atoms with E-state index in [0.29, 0.717) is 18.8 Å². The Balaban J connectivity index is 2.06. The quantitative estimate of drug-likeness (QED) is 0.763. The molecule has 0 N–H and O–H groups in total. The van der Waals surface area contributed by atoms with Crippen molar-refractivity contribution in [3.05, 3.63) is 29.6 Å². The first-order valence-corrected chi connectivity index (χ1v) is 6.30. The molecule has 0 spiro atoms. The topological polar surface area (TPSA) is 66.2 Å². The van der Waals surface area contributed by atoms with Crippen molar-refractivity contribution < 1.29 is 9.53 Å². The molecule has 1 fully saturated rings. The number of rotatable bonds is 3. The van der Waals surface area contributed by atoms with Gasteiger partial charge in [0.25, 0.3) is 0 Å². The van der Waals surface area contributed by atoms with Gasteiger partial charge in [-0.1, -0.05) is 13.0 Å². The van der Waals surface area contributed by atoms with Crippen molar-refractivity contribution >= 4 is 5.97 Å². The lowest BCUT2D eigenvalue weighted by Crippen LogP contribution is -2.24. The van der Waals surface area contributed by atoms with Gasteiger partial charge in [-0.3, -0.25) is 9.69 Å². The highest BCUT2D eigenvalue weighted by molar-refractivity contribution is 5.73. The Hall–Kier alpha value is -1.93. The monoisotopic (exact) mass is 259 g/mol. The van der Waals surface area contributed by atoms with Crippen molar-refractivity contribution in [1.82, 2.24) is 9.88 Å². The number of esters is 1. The Morgan fingerprint density at radius 3 is 3.11 bits per heavy atom. The van der Waals surface area contributed by atoms with Crippen molar-refractivity contribution in [1.29, 1.82) is 5.26 Å². The zero-order valence-corrected chi connectivity index (χ0v) is 11.2. The molecule has 5 nitrogen and oxygen atoms in total. The molecule has 100 valence electrons. The summed E-state index contributed by atoms with van der Waals surface area (Å²) in [6.45, 7) is 4.21. The molecule has 2 unspecified atom stereocenters. The Bertz CT molecular complexity index is 510. The van der Waals surface area contributed by atoms with Crippen LogP contribution in [0.3, 0.4) is 0 Å².